The second-order valence-corrected chi connectivity index (χ2v) is 2.76. The van der Waals surface area contributed by atoms with E-state index in [0.717, 1.165) is 32.6 Å². The van der Waals surface area contributed by atoms with Crippen LogP contribution in [0, 0.1) is 0 Å². The zero-order chi connectivity index (χ0) is 8.10. The number of rotatable bonds is 3. The van der Waals surface area contributed by atoms with Gasteiger partial charge in [-0.15, -0.1) is 0 Å². The highest BCUT2D eigenvalue weighted by Crippen LogP contribution is 1.97. The molecule has 0 radical (unpaired) electrons. The molecule has 1 amide bonds. The summed E-state index contributed by atoms with van der Waals surface area (Å²) in [6.45, 7) is 3.51. The normalized spacial score (nSPS) is 25.2. The van der Waals surface area contributed by atoms with Gasteiger partial charge in [-0.05, 0) is 7.05 Å². The summed E-state index contributed by atoms with van der Waals surface area (Å²) in [7, 11) is 1.90. The molecule has 11 heavy (non-hydrogen) atoms. The lowest BCUT2D eigenvalue weighted by atomic mass is 10.2. The van der Waals surface area contributed by atoms with Gasteiger partial charge in [0.25, 0.3) is 0 Å². The third kappa shape index (κ3) is 2.17. The molecule has 1 unspecified atom stereocenters. The molecule has 1 aliphatic heterocycles. The number of carbonyl (C=O) groups is 1. The zero-order valence-corrected chi connectivity index (χ0v) is 6.84. The number of hydrogen-bond acceptors (Lipinski definition) is 3. The number of nitrogens with one attached hydrogen (secondary N) is 2. The Labute approximate surface area is 66.9 Å². The van der Waals surface area contributed by atoms with E-state index in [-0.39, 0.29) is 0 Å². The van der Waals surface area contributed by atoms with Crippen molar-refractivity contribution in [3.8, 4) is 0 Å². The number of carbonyl (C=O) groups excluding carboxylic acids is 1. The third-order valence-corrected chi connectivity index (χ3v) is 1.97. The first-order chi connectivity index (χ1) is 5.38. The van der Waals surface area contributed by atoms with E-state index in [9.17, 15) is 4.79 Å². The van der Waals surface area contributed by atoms with E-state index in [4.69, 9.17) is 0 Å². The van der Waals surface area contributed by atoms with Gasteiger partial charge in [0.05, 0.1) is 6.04 Å². The van der Waals surface area contributed by atoms with Crippen LogP contribution in [0.25, 0.3) is 0 Å². The van der Waals surface area contributed by atoms with E-state index in [0.29, 0.717) is 6.04 Å². The Bertz CT molecular complexity index is 127. The van der Waals surface area contributed by atoms with Gasteiger partial charge in [-0.2, -0.15) is 0 Å². The summed E-state index contributed by atoms with van der Waals surface area (Å²) < 4.78 is 0. The zero-order valence-electron chi connectivity index (χ0n) is 6.84. The monoisotopic (exact) mass is 157 g/mol. The van der Waals surface area contributed by atoms with Crippen molar-refractivity contribution in [2.75, 3.05) is 33.2 Å². The van der Waals surface area contributed by atoms with Crippen LogP contribution < -0.4 is 10.6 Å². The largest absolute Gasteiger partial charge is 0.338 e. The Morgan fingerprint density at radius 2 is 2.64 bits per heavy atom. The molecule has 1 heterocycles. The van der Waals surface area contributed by atoms with Crippen molar-refractivity contribution >= 4 is 6.41 Å². The lowest BCUT2D eigenvalue weighted by molar-refractivity contribution is -0.120. The minimum Gasteiger partial charge on any atom is -0.338 e. The molecule has 0 bridgehead atoms. The van der Waals surface area contributed by atoms with Gasteiger partial charge >= 0.3 is 0 Å². The van der Waals surface area contributed by atoms with Crippen molar-refractivity contribution in [3.05, 3.63) is 0 Å². The van der Waals surface area contributed by atoms with Gasteiger partial charge in [-0.1, -0.05) is 0 Å². The average Bonchev–Trinajstić information content (AvgIpc) is 2.06. The van der Waals surface area contributed by atoms with Gasteiger partial charge in [0.1, 0.15) is 0 Å². The molecule has 0 aromatic carbocycles. The van der Waals surface area contributed by atoms with E-state index in [2.05, 4.69) is 10.6 Å². The van der Waals surface area contributed by atoms with Crippen LogP contribution in [0.3, 0.4) is 0 Å². The standard InChI is InChI=1S/C7H15N3O/c1-8-4-7-5-9-2-3-10(7)6-11/h6-9H,2-5H2,1H3. The van der Waals surface area contributed by atoms with Gasteiger partial charge in [-0.25, -0.2) is 0 Å². The highest BCUT2D eigenvalue weighted by Gasteiger charge is 2.18. The van der Waals surface area contributed by atoms with Gasteiger partial charge < -0.3 is 15.5 Å². The highest BCUT2D eigenvalue weighted by molar-refractivity contribution is 5.48. The van der Waals surface area contributed by atoms with E-state index >= 15 is 0 Å². The van der Waals surface area contributed by atoms with Crippen molar-refractivity contribution < 1.29 is 4.79 Å². The number of amides is 1. The molecule has 4 nitrogen and oxygen atoms in total. The summed E-state index contributed by atoms with van der Waals surface area (Å²) in [6, 6.07) is 0.325. The Kier molecular flexibility index (Phi) is 3.32. The van der Waals surface area contributed by atoms with E-state index in [1.807, 2.05) is 11.9 Å². The van der Waals surface area contributed by atoms with E-state index in [1.165, 1.54) is 0 Å². The fourth-order valence-electron chi connectivity index (χ4n) is 1.34. The first-order valence-electron chi connectivity index (χ1n) is 3.95. The van der Waals surface area contributed by atoms with Gasteiger partial charge in [-0.3, -0.25) is 4.79 Å². The maximum absolute atomic E-state index is 10.5. The molecule has 1 saturated heterocycles. The molecular formula is C7H15N3O. The van der Waals surface area contributed by atoms with Crippen LogP contribution in [0.5, 0.6) is 0 Å². The lowest BCUT2D eigenvalue weighted by Crippen LogP contribution is -2.54. The molecule has 64 valence electrons. The molecule has 1 atom stereocenters. The number of likely N-dealkylation sites (N-methyl/N-ethyl adjacent to an activating group) is 1. The SMILES string of the molecule is CNCC1CNCCN1C=O. The Hall–Kier alpha value is -0.610. The van der Waals surface area contributed by atoms with Crippen LogP contribution in [0.2, 0.25) is 0 Å². The van der Waals surface area contributed by atoms with Crippen molar-refractivity contribution in [1.29, 1.82) is 0 Å². The van der Waals surface area contributed by atoms with Gasteiger partial charge in [0, 0.05) is 26.2 Å². The van der Waals surface area contributed by atoms with Crippen LogP contribution >= 0.6 is 0 Å². The third-order valence-electron chi connectivity index (χ3n) is 1.97. The summed E-state index contributed by atoms with van der Waals surface area (Å²) in [5, 5.41) is 6.30. The maximum Gasteiger partial charge on any atom is 0.210 e. The first kappa shape index (κ1) is 8.49. The van der Waals surface area contributed by atoms with Crippen molar-refractivity contribution in [3.63, 3.8) is 0 Å². The van der Waals surface area contributed by atoms with Gasteiger partial charge in [0.2, 0.25) is 6.41 Å². The first-order valence-corrected chi connectivity index (χ1v) is 3.95. The molecule has 2 N–H and O–H groups in total. The maximum atomic E-state index is 10.5. The Morgan fingerprint density at radius 3 is 3.27 bits per heavy atom. The summed E-state index contributed by atoms with van der Waals surface area (Å²) in [4.78, 5) is 12.4. The summed E-state index contributed by atoms with van der Waals surface area (Å²) in [6.07, 6.45) is 0.933. The second kappa shape index (κ2) is 4.31. The van der Waals surface area contributed by atoms with Crippen LogP contribution in [0.1, 0.15) is 0 Å². The Morgan fingerprint density at radius 1 is 1.82 bits per heavy atom. The molecule has 0 saturated carbocycles. The molecule has 0 spiro atoms. The van der Waals surface area contributed by atoms with Crippen LogP contribution in [-0.4, -0.2) is 50.6 Å². The predicted octanol–water partition coefficient (Wildman–Crippen LogP) is -1.36. The molecule has 0 aromatic heterocycles. The smallest absolute Gasteiger partial charge is 0.210 e. The number of piperazine rings is 1. The molecule has 0 aliphatic carbocycles. The number of nitrogens with zero attached hydrogens (tertiary/aromatic N) is 1. The van der Waals surface area contributed by atoms with Crippen LogP contribution in [0.15, 0.2) is 0 Å². The Balaban J connectivity index is 2.37. The highest BCUT2D eigenvalue weighted by atomic mass is 16.1. The fraction of sp³-hybridized carbons (Fsp3) is 0.857. The van der Waals surface area contributed by atoms with Crippen LogP contribution in [0.4, 0.5) is 0 Å². The fourth-order valence-corrected chi connectivity index (χ4v) is 1.34. The van der Waals surface area contributed by atoms with Crippen molar-refractivity contribution in [2.24, 2.45) is 0 Å². The van der Waals surface area contributed by atoms with Crippen LogP contribution in [-0.2, 0) is 4.79 Å². The summed E-state index contributed by atoms with van der Waals surface area (Å²) in [5.74, 6) is 0. The average molecular weight is 157 g/mol. The van der Waals surface area contributed by atoms with Crippen molar-refractivity contribution in [1.82, 2.24) is 15.5 Å². The lowest BCUT2D eigenvalue weighted by Gasteiger charge is -2.33. The van der Waals surface area contributed by atoms with Crippen molar-refractivity contribution in [2.45, 2.75) is 6.04 Å². The second-order valence-electron chi connectivity index (χ2n) is 2.76. The van der Waals surface area contributed by atoms with E-state index in [1.54, 1.807) is 0 Å². The minimum absolute atomic E-state index is 0.325. The van der Waals surface area contributed by atoms with E-state index < -0.39 is 0 Å². The quantitative estimate of drug-likeness (QED) is 0.497. The summed E-state index contributed by atoms with van der Waals surface area (Å²) >= 11 is 0. The molecule has 4 heteroatoms. The molecular weight excluding hydrogens is 142 g/mol. The molecule has 1 aliphatic rings. The van der Waals surface area contributed by atoms with Gasteiger partial charge in [0.15, 0.2) is 0 Å². The molecule has 0 aromatic rings. The molecule has 1 rings (SSSR count). The topological polar surface area (TPSA) is 44.4 Å². The minimum atomic E-state index is 0.325. The summed E-state index contributed by atoms with van der Waals surface area (Å²) in [5.41, 5.74) is 0. The predicted molar refractivity (Wildman–Crippen MR) is 43.4 cm³/mol. The number of hydrogen-bond donors (Lipinski definition) is 2. The molecule has 1 fully saturated rings.